The topological polar surface area (TPSA) is 78.3 Å². The van der Waals surface area contributed by atoms with Crippen molar-refractivity contribution in [3.63, 3.8) is 0 Å². The van der Waals surface area contributed by atoms with E-state index >= 15 is 0 Å². The van der Waals surface area contributed by atoms with E-state index in [1.165, 1.54) is 6.08 Å². The summed E-state index contributed by atoms with van der Waals surface area (Å²) in [7, 11) is 3.15. The van der Waals surface area contributed by atoms with Gasteiger partial charge in [0.1, 0.15) is 0 Å². The Bertz CT molecular complexity index is 1080. The Morgan fingerprint density at radius 3 is 2.56 bits per heavy atom. The van der Waals surface area contributed by atoms with Crippen LogP contribution >= 0.6 is 23.4 Å². The molecule has 0 aliphatic carbocycles. The lowest BCUT2D eigenvalue weighted by molar-refractivity contribution is -0.116. The van der Waals surface area contributed by atoms with Crippen LogP contribution in [0.25, 0.3) is 6.08 Å². The Labute approximate surface area is 196 Å². The van der Waals surface area contributed by atoms with Gasteiger partial charge >= 0.3 is 0 Å². The molecule has 7 nitrogen and oxygen atoms in total. The molecule has 1 heterocycles. The number of hydrogen-bond acceptors (Lipinski definition) is 6. The Morgan fingerprint density at radius 2 is 1.88 bits per heavy atom. The van der Waals surface area contributed by atoms with Crippen molar-refractivity contribution in [2.75, 3.05) is 14.2 Å². The van der Waals surface area contributed by atoms with Crippen molar-refractivity contribution in [1.29, 1.82) is 0 Å². The molecule has 0 fully saturated rings. The smallest absolute Gasteiger partial charge is 0.244 e. The first-order chi connectivity index (χ1) is 15.5. The van der Waals surface area contributed by atoms with Crippen LogP contribution in [-0.2, 0) is 23.6 Å². The second-order valence-corrected chi connectivity index (χ2v) is 8.10. The van der Waals surface area contributed by atoms with Crippen molar-refractivity contribution < 1.29 is 14.3 Å². The maximum absolute atomic E-state index is 12.3. The van der Waals surface area contributed by atoms with E-state index in [4.69, 9.17) is 21.1 Å². The number of methoxy groups -OCH3 is 2. The van der Waals surface area contributed by atoms with Crippen molar-refractivity contribution in [1.82, 2.24) is 20.1 Å². The monoisotopic (exact) mass is 472 g/mol. The number of thioether (sulfide) groups is 1. The van der Waals surface area contributed by atoms with E-state index in [1.807, 2.05) is 41.8 Å². The molecule has 0 atom stereocenters. The molecule has 0 bridgehead atoms. The van der Waals surface area contributed by atoms with Crippen LogP contribution in [0.15, 0.2) is 53.7 Å². The highest BCUT2D eigenvalue weighted by Gasteiger charge is 2.12. The van der Waals surface area contributed by atoms with Crippen molar-refractivity contribution >= 4 is 35.3 Å². The van der Waals surface area contributed by atoms with E-state index in [-0.39, 0.29) is 12.5 Å². The van der Waals surface area contributed by atoms with Crippen LogP contribution in [0, 0.1) is 0 Å². The van der Waals surface area contributed by atoms with Crippen LogP contribution in [-0.4, -0.2) is 34.9 Å². The molecule has 1 N–H and O–H groups in total. The third kappa shape index (κ3) is 6.27. The molecule has 0 saturated heterocycles. The number of aromatic nitrogens is 3. The van der Waals surface area contributed by atoms with Gasteiger partial charge in [0.15, 0.2) is 22.5 Å². The van der Waals surface area contributed by atoms with Crippen LogP contribution in [0.4, 0.5) is 0 Å². The fourth-order valence-electron chi connectivity index (χ4n) is 2.96. The summed E-state index contributed by atoms with van der Waals surface area (Å²) in [6, 6.07) is 13.2. The van der Waals surface area contributed by atoms with Gasteiger partial charge in [0.05, 0.1) is 20.8 Å². The number of rotatable bonds is 10. The molecule has 168 valence electrons. The molecule has 0 aliphatic rings. The normalized spacial score (nSPS) is 11.0. The Hall–Kier alpha value is -2.97. The first-order valence-corrected chi connectivity index (χ1v) is 11.4. The molecule has 3 aromatic rings. The average molecular weight is 473 g/mol. The molecular weight excluding hydrogens is 448 g/mol. The molecule has 9 heteroatoms. The summed E-state index contributed by atoms with van der Waals surface area (Å²) in [5, 5.41) is 12.9. The summed E-state index contributed by atoms with van der Waals surface area (Å²) in [5.41, 5.74) is 1.98. The second kappa shape index (κ2) is 11.6. The van der Waals surface area contributed by atoms with Gasteiger partial charge in [0, 0.05) is 23.4 Å². The number of carbonyl (C=O) groups is 1. The lowest BCUT2D eigenvalue weighted by Crippen LogP contribution is -2.22. The molecular formula is C23H25ClN4O3S. The van der Waals surface area contributed by atoms with Crippen molar-refractivity contribution in [2.45, 2.75) is 30.9 Å². The van der Waals surface area contributed by atoms with Crippen LogP contribution in [0.2, 0.25) is 5.02 Å². The summed E-state index contributed by atoms with van der Waals surface area (Å²) in [6.45, 7) is 3.03. The van der Waals surface area contributed by atoms with Gasteiger partial charge in [0.25, 0.3) is 0 Å². The minimum atomic E-state index is -0.221. The van der Waals surface area contributed by atoms with Crippen LogP contribution in [0.3, 0.4) is 0 Å². The van der Waals surface area contributed by atoms with Gasteiger partial charge in [0.2, 0.25) is 5.91 Å². The second-order valence-electron chi connectivity index (χ2n) is 6.72. The first-order valence-electron chi connectivity index (χ1n) is 10.0. The van der Waals surface area contributed by atoms with E-state index in [9.17, 15) is 4.79 Å². The van der Waals surface area contributed by atoms with Crippen LogP contribution in [0.1, 0.15) is 23.9 Å². The number of ether oxygens (including phenoxy) is 2. The van der Waals surface area contributed by atoms with Gasteiger partial charge in [-0.3, -0.25) is 4.79 Å². The zero-order valence-corrected chi connectivity index (χ0v) is 19.7. The molecule has 1 amide bonds. The van der Waals surface area contributed by atoms with Gasteiger partial charge in [-0.1, -0.05) is 41.6 Å². The minimum Gasteiger partial charge on any atom is -0.493 e. The van der Waals surface area contributed by atoms with Gasteiger partial charge in [-0.2, -0.15) is 0 Å². The van der Waals surface area contributed by atoms with Crippen molar-refractivity contribution in [3.8, 4) is 11.5 Å². The quantitative estimate of drug-likeness (QED) is 0.343. The number of nitrogens with one attached hydrogen (secondary N) is 1. The van der Waals surface area contributed by atoms with Crippen molar-refractivity contribution in [2.24, 2.45) is 0 Å². The summed E-state index contributed by atoms with van der Waals surface area (Å²) in [6.07, 6.45) is 3.19. The molecule has 2 aromatic carbocycles. The third-order valence-electron chi connectivity index (χ3n) is 4.65. The Kier molecular flexibility index (Phi) is 8.58. The highest BCUT2D eigenvalue weighted by Crippen LogP contribution is 2.28. The summed E-state index contributed by atoms with van der Waals surface area (Å²) in [4.78, 5) is 12.3. The fourth-order valence-corrected chi connectivity index (χ4v) is 4.06. The van der Waals surface area contributed by atoms with Crippen LogP contribution < -0.4 is 14.8 Å². The molecule has 0 spiro atoms. The van der Waals surface area contributed by atoms with E-state index in [0.29, 0.717) is 28.9 Å². The number of benzene rings is 2. The highest BCUT2D eigenvalue weighted by atomic mass is 35.5. The summed E-state index contributed by atoms with van der Waals surface area (Å²) < 4.78 is 12.5. The average Bonchev–Trinajstić information content (AvgIpc) is 3.22. The maximum atomic E-state index is 12.3. The highest BCUT2D eigenvalue weighted by molar-refractivity contribution is 7.98. The van der Waals surface area contributed by atoms with E-state index in [0.717, 1.165) is 22.0 Å². The Morgan fingerprint density at radius 1 is 1.12 bits per heavy atom. The summed E-state index contributed by atoms with van der Waals surface area (Å²) in [5.74, 6) is 2.49. The summed E-state index contributed by atoms with van der Waals surface area (Å²) >= 11 is 7.54. The standard InChI is InChI=1S/C23H25ClN4O3S/c1-4-28-21(26-27-23(28)32-15-17-5-9-18(24)10-6-17)14-25-22(29)12-8-16-7-11-19(30-2)20(13-16)31-3/h5-13H,4,14-15H2,1-3H3,(H,25,29). The molecule has 3 rings (SSSR count). The van der Waals surface area contributed by atoms with E-state index < -0.39 is 0 Å². The lowest BCUT2D eigenvalue weighted by atomic mass is 10.2. The molecule has 0 saturated carbocycles. The van der Waals surface area contributed by atoms with Gasteiger partial charge < -0.3 is 19.4 Å². The molecule has 32 heavy (non-hydrogen) atoms. The van der Waals surface area contributed by atoms with Gasteiger partial charge in [-0.15, -0.1) is 10.2 Å². The lowest BCUT2D eigenvalue weighted by Gasteiger charge is -2.08. The third-order valence-corrected chi connectivity index (χ3v) is 5.94. The number of hydrogen-bond donors (Lipinski definition) is 1. The molecule has 0 radical (unpaired) electrons. The maximum Gasteiger partial charge on any atom is 0.244 e. The number of nitrogens with zero attached hydrogens (tertiary/aromatic N) is 3. The molecule has 1 aromatic heterocycles. The fraction of sp³-hybridized carbons (Fsp3) is 0.261. The van der Waals surface area contributed by atoms with Crippen molar-refractivity contribution in [3.05, 3.63) is 70.5 Å². The first kappa shape index (κ1) is 23.7. The number of amides is 1. The molecule has 0 unspecified atom stereocenters. The zero-order valence-electron chi connectivity index (χ0n) is 18.2. The zero-order chi connectivity index (χ0) is 22.9. The SMILES string of the molecule is CCn1c(CNC(=O)C=Cc2ccc(OC)c(OC)c2)nnc1SCc1ccc(Cl)cc1. The number of carbonyl (C=O) groups excluding carboxylic acids is 1. The Balaban J connectivity index is 1.57. The van der Waals surface area contributed by atoms with Gasteiger partial charge in [-0.05, 0) is 48.4 Å². The van der Waals surface area contributed by atoms with Crippen LogP contribution in [0.5, 0.6) is 11.5 Å². The van der Waals surface area contributed by atoms with E-state index in [2.05, 4.69) is 15.5 Å². The number of halogens is 1. The predicted molar refractivity (Wildman–Crippen MR) is 127 cm³/mol. The largest absolute Gasteiger partial charge is 0.493 e. The van der Waals surface area contributed by atoms with E-state index in [1.54, 1.807) is 44.2 Å². The predicted octanol–water partition coefficient (Wildman–Crippen LogP) is 4.59. The molecule has 0 aliphatic heterocycles. The minimum absolute atomic E-state index is 0.221. The van der Waals surface area contributed by atoms with Gasteiger partial charge in [-0.25, -0.2) is 0 Å².